The second-order valence-electron chi connectivity index (χ2n) is 23.8. The third kappa shape index (κ3) is 23.3. The van der Waals surface area contributed by atoms with Crippen LogP contribution in [0, 0.1) is 17.8 Å². The molecule has 0 spiro atoms. The Morgan fingerprint density at radius 2 is 1.05 bits per heavy atom. The molecule has 0 aromatic carbocycles. The van der Waals surface area contributed by atoms with Gasteiger partial charge in [-0.05, 0) is 89.1 Å². The molecule has 2 aliphatic rings. The van der Waals surface area contributed by atoms with Gasteiger partial charge in [0, 0.05) is 31.4 Å². The SMILES string of the molecule is CC[C@H](C)[C@H](NC(=O)[C@@H](NC(=O)[C@@H]1CCCN1C(=O)[C@H](CC(=O)O)NC(=O)[C@H](Cc1cnc[nH]1)NC(=O)[C@@H](NC(=O)[C@@H](N)CCSC)[C@@H](C)O)C(C)C)C(=O)N[C@@H](CO)C(=O)N[C@@H](CC(C)C)C(=O)N1CCC[C@H]1C(=O)N[C@H](C(=O)N[C@H](C(=O)O)[C@@H](C)O)[C@@H](C)O. The summed E-state index contributed by atoms with van der Waals surface area (Å²) < 4.78 is 0. The Bertz CT molecular complexity index is 2680. The van der Waals surface area contributed by atoms with E-state index in [9.17, 15) is 93.0 Å². The van der Waals surface area contributed by atoms with Crippen molar-refractivity contribution in [2.45, 2.75) is 211 Å². The standard InChI is InChI=1S/C57H94N14O19S/c1-11-28(6)42(52(84)64-37(24-72)48(80)62-35(20-26(2)3)55(87)70-17-13-15-39(70)50(82)68-44(30(8)74)54(86)69-45(31(9)75)57(89)90)66-51(83)41(27(4)5)65-49(81)38-14-12-18-71(38)56(88)36(22-40(76)77)63-47(79)34(21-32-23-59-25-60-32)61-53(85)43(29(7)73)67-46(78)33(58)16-19-91-10/h23,25-31,33-39,41-45,72-75H,11-22,24,58H2,1-10H3,(H,59,60)(H,61,85)(H,62,80)(H,63,79)(H,64,84)(H,65,81)(H,66,83)(H,67,78)(H,68,82)(H,69,86)(H,76,77)(H,89,90)/t28-,29+,30+,31+,33-,34-,35-,36-,37-,38-,39-,41-,42-,43-,44-,45-/m0/s1. The summed E-state index contributed by atoms with van der Waals surface area (Å²) in [5, 5.41) is 82.7. The molecule has 3 rings (SSSR count). The Morgan fingerprint density at radius 3 is 1.53 bits per heavy atom. The van der Waals surface area contributed by atoms with Crippen LogP contribution in [0.4, 0.5) is 0 Å². The van der Waals surface area contributed by atoms with Gasteiger partial charge in [-0.1, -0.05) is 48.0 Å². The minimum Gasteiger partial charge on any atom is -0.481 e. The molecule has 512 valence electrons. The molecule has 18 N–H and O–H groups in total. The Morgan fingerprint density at radius 1 is 0.604 bits per heavy atom. The second-order valence-corrected chi connectivity index (χ2v) is 24.8. The van der Waals surface area contributed by atoms with E-state index >= 15 is 0 Å². The van der Waals surface area contributed by atoms with Crippen LogP contribution in [-0.2, 0) is 68.7 Å². The minimum absolute atomic E-state index is 0.00296. The maximum Gasteiger partial charge on any atom is 0.328 e. The second kappa shape index (κ2) is 37.1. The summed E-state index contributed by atoms with van der Waals surface area (Å²) in [6.45, 7) is 12.4. The fourth-order valence-corrected chi connectivity index (χ4v) is 10.7. The Kier molecular flexibility index (Phi) is 31.7. The van der Waals surface area contributed by atoms with Gasteiger partial charge in [0.2, 0.25) is 65.0 Å². The van der Waals surface area contributed by atoms with E-state index in [-0.39, 0.29) is 64.0 Å². The van der Waals surface area contributed by atoms with Gasteiger partial charge in [-0.2, -0.15) is 11.8 Å². The molecule has 0 aliphatic carbocycles. The molecular formula is C57H94N14O19S. The Balaban J connectivity index is 1.80. The van der Waals surface area contributed by atoms with Crippen LogP contribution in [-0.4, -0.2) is 250 Å². The van der Waals surface area contributed by atoms with Crippen molar-refractivity contribution in [3.63, 3.8) is 0 Å². The van der Waals surface area contributed by atoms with Crippen LogP contribution in [0.5, 0.6) is 0 Å². The van der Waals surface area contributed by atoms with Gasteiger partial charge < -0.3 is 99.0 Å². The fraction of sp³-hybridized carbons (Fsp3) is 0.719. The van der Waals surface area contributed by atoms with E-state index in [4.69, 9.17) is 5.73 Å². The number of H-pyrrole nitrogens is 1. The zero-order valence-corrected chi connectivity index (χ0v) is 53.9. The highest BCUT2D eigenvalue weighted by molar-refractivity contribution is 7.98. The van der Waals surface area contributed by atoms with Crippen molar-refractivity contribution in [3.8, 4) is 0 Å². The number of hydrogen-bond acceptors (Lipinski definition) is 20. The largest absolute Gasteiger partial charge is 0.481 e. The lowest BCUT2D eigenvalue weighted by atomic mass is 9.96. The maximum atomic E-state index is 14.4. The molecule has 91 heavy (non-hydrogen) atoms. The normalized spacial score (nSPS) is 19.4. The number of likely N-dealkylation sites (tertiary alicyclic amines) is 2. The number of aliphatic hydroxyl groups excluding tert-OH is 4. The van der Waals surface area contributed by atoms with Crippen molar-refractivity contribution in [1.29, 1.82) is 0 Å². The summed E-state index contributed by atoms with van der Waals surface area (Å²) in [5.74, 6) is -14.5. The number of aromatic nitrogens is 2. The van der Waals surface area contributed by atoms with E-state index < -0.39 is 193 Å². The van der Waals surface area contributed by atoms with Gasteiger partial charge in [0.1, 0.15) is 60.4 Å². The molecular weight excluding hydrogens is 1220 g/mol. The molecule has 2 aliphatic heterocycles. The number of nitrogens with two attached hydrogens (primary N) is 1. The molecule has 0 unspecified atom stereocenters. The zero-order valence-electron chi connectivity index (χ0n) is 53.1. The lowest BCUT2D eigenvalue weighted by Crippen LogP contribution is -2.62. The molecule has 0 radical (unpaired) electrons. The Labute approximate surface area is 531 Å². The number of nitrogens with one attached hydrogen (secondary N) is 10. The summed E-state index contributed by atoms with van der Waals surface area (Å²) in [4.78, 5) is 186. The highest BCUT2D eigenvalue weighted by atomic mass is 32.2. The molecule has 0 saturated carbocycles. The maximum absolute atomic E-state index is 14.4. The van der Waals surface area contributed by atoms with Crippen molar-refractivity contribution in [3.05, 3.63) is 18.2 Å². The predicted molar refractivity (Wildman–Crippen MR) is 326 cm³/mol. The van der Waals surface area contributed by atoms with Gasteiger partial charge in [0.05, 0.1) is 43.7 Å². The van der Waals surface area contributed by atoms with Crippen molar-refractivity contribution in [2.75, 3.05) is 31.7 Å². The lowest BCUT2D eigenvalue weighted by molar-refractivity contribution is -0.146. The quantitative estimate of drug-likeness (QED) is 0.0296. The third-order valence-corrected chi connectivity index (χ3v) is 16.2. The third-order valence-electron chi connectivity index (χ3n) is 15.6. The van der Waals surface area contributed by atoms with Gasteiger partial charge in [0.15, 0.2) is 6.04 Å². The first-order valence-electron chi connectivity index (χ1n) is 30.3. The summed E-state index contributed by atoms with van der Waals surface area (Å²) in [5.41, 5.74) is 6.29. The highest BCUT2D eigenvalue weighted by Crippen LogP contribution is 2.23. The van der Waals surface area contributed by atoms with E-state index in [0.717, 1.165) is 18.7 Å². The first-order valence-corrected chi connectivity index (χ1v) is 31.7. The van der Waals surface area contributed by atoms with Crippen LogP contribution in [0.2, 0.25) is 0 Å². The zero-order chi connectivity index (χ0) is 68.7. The number of carbonyl (C=O) groups excluding carboxylic acids is 11. The van der Waals surface area contributed by atoms with Gasteiger partial charge in [-0.15, -0.1) is 0 Å². The number of carbonyl (C=O) groups is 13. The number of carboxylic acids is 2. The number of carboxylic acid groups (broad SMARTS) is 2. The average molecular weight is 1310 g/mol. The summed E-state index contributed by atoms with van der Waals surface area (Å²) in [7, 11) is 0. The van der Waals surface area contributed by atoms with E-state index in [2.05, 4.69) is 57.8 Å². The van der Waals surface area contributed by atoms with Crippen LogP contribution in [0.15, 0.2) is 12.5 Å². The molecule has 3 heterocycles. The summed E-state index contributed by atoms with van der Waals surface area (Å²) in [6.07, 6.45) is -0.322. The van der Waals surface area contributed by atoms with Gasteiger partial charge in [-0.25, -0.2) is 9.78 Å². The van der Waals surface area contributed by atoms with Gasteiger partial charge in [-0.3, -0.25) is 57.5 Å². The number of thioether (sulfide) groups is 1. The van der Waals surface area contributed by atoms with Crippen molar-refractivity contribution in [2.24, 2.45) is 23.5 Å². The minimum atomic E-state index is -1.83. The van der Waals surface area contributed by atoms with Crippen LogP contribution < -0.4 is 53.6 Å². The number of rotatable bonds is 37. The van der Waals surface area contributed by atoms with Crippen LogP contribution in [0.1, 0.15) is 119 Å². The Hall–Kier alpha value is -7.53. The number of aromatic amines is 1. The van der Waals surface area contributed by atoms with E-state index in [1.165, 1.54) is 36.1 Å². The first-order chi connectivity index (χ1) is 42.7. The summed E-state index contributed by atoms with van der Waals surface area (Å²) >= 11 is 1.43. The van der Waals surface area contributed by atoms with Gasteiger partial charge in [0.25, 0.3) is 0 Å². The van der Waals surface area contributed by atoms with E-state index in [1.54, 1.807) is 41.5 Å². The molecule has 33 nitrogen and oxygen atoms in total. The monoisotopic (exact) mass is 1310 g/mol. The molecule has 11 amide bonds. The number of aliphatic hydroxyl groups is 4. The van der Waals surface area contributed by atoms with Crippen molar-refractivity contribution >= 4 is 88.7 Å². The number of imidazole rings is 1. The molecule has 0 bridgehead atoms. The van der Waals surface area contributed by atoms with Crippen LogP contribution in [0.3, 0.4) is 0 Å². The lowest BCUT2D eigenvalue weighted by Gasteiger charge is -2.32. The fourth-order valence-electron chi connectivity index (χ4n) is 10.2. The van der Waals surface area contributed by atoms with Gasteiger partial charge >= 0.3 is 11.9 Å². The molecule has 1 aromatic rings. The number of amides is 11. The average Bonchev–Trinajstić information content (AvgIpc) is 2.00. The molecule has 1 aromatic heterocycles. The molecule has 16 atom stereocenters. The van der Waals surface area contributed by atoms with Crippen molar-refractivity contribution in [1.82, 2.24) is 67.6 Å². The topological polar surface area (TPSA) is 513 Å². The highest BCUT2D eigenvalue weighted by Gasteiger charge is 2.44. The van der Waals surface area contributed by atoms with E-state index in [1.807, 2.05) is 6.26 Å². The predicted octanol–water partition coefficient (Wildman–Crippen LogP) is -5.18. The van der Waals surface area contributed by atoms with Crippen LogP contribution >= 0.6 is 11.8 Å². The van der Waals surface area contributed by atoms with Crippen LogP contribution in [0.25, 0.3) is 0 Å². The van der Waals surface area contributed by atoms with Crippen molar-refractivity contribution < 1.29 is 93.0 Å². The summed E-state index contributed by atoms with van der Waals surface area (Å²) in [6, 6.07) is -18.0. The molecule has 2 saturated heterocycles. The van der Waals surface area contributed by atoms with E-state index in [0.29, 0.717) is 17.9 Å². The number of nitrogens with zero attached hydrogens (tertiary/aromatic N) is 3. The number of aliphatic carboxylic acids is 2. The smallest absolute Gasteiger partial charge is 0.328 e. The number of hydrogen-bond donors (Lipinski definition) is 17. The first kappa shape index (κ1) is 77.7. The molecule has 2 fully saturated rings. The molecule has 34 heteroatoms.